The molecule has 5 heteroatoms. The number of hydrogen-bond acceptors (Lipinski definition) is 4. The van der Waals surface area contributed by atoms with Crippen molar-refractivity contribution in [3.8, 4) is 6.07 Å². The van der Waals surface area contributed by atoms with Crippen molar-refractivity contribution in [1.29, 1.82) is 5.26 Å². The van der Waals surface area contributed by atoms with Gasteiger partial charge in [-0.1, -0.05) is 12.1 Å². The van der Waals surface area contributed by atoms with E-state index in [0.29, 0.717) is 30.8 Å². The van der Waals surface area contributed by atoms with Crippen LogP contribution in [0, 0.1) is 11.3 Å². The quantitative estimate of drug-likeness (QED) is 0.855. The Kier molecular flexibility index (Phi) is 5.27. The van der Waals surface area contributed by atoms with Gasteiger partial charge >= 0.3 is 0 Å². The van der Waals surface area contributed by atoms with Gasteiger partial charge in [0.05, 0.1) is 23.3 Å². The van der Waals surface area contributed by atoms with Gasteiger partial charge in [-0.3, -0.25) is 4.79 Å². The first kappa shape index (κ1) is 16.0. The van der Waals surface area contributed by atoms with Crippen molar-refractivity contribution in [2.24, 2.45) is 0 Å². The number of nitrogens with zero attached hydrogens (tertiary/aromatic N) is 3. The van der Waals surface area contributed by atoms with Gasteiger partial charge in [-0.15, -0.1) is 0 Å². The molecule has 2 saturated heterocycles. The molecule has 0 aromatic heterocycles. The van der Waals surface area contributed by atoms with Gasteiger partial charge in [0.2, 0.25) is 0 Å². The zero-order chi connectivity index (χ0) is 16.1. The van der Waals surface area contributed by atoms with Gasteiger partial charge in [0.1, 0.15) is 0 Å². The van der Waals surface area contributed by atoms with Crippen molar-refractivity contribution in [2.45, 2.75) is 25.4 Å². The van der Waals surface area contributed by atoms with Crippen LogP contribution in [0.2, 0.25) is 0 Å². The lowest BCUT2D eigenvalue weighted by atomic mass is 10.1. The van der Waals surface area contributed by atoms with Crippen LogP contribution in [0.4, 0.5) is 0 Å². The first-order valence-electron chi connectivity index (χ1n) is 8.40. The molecule has 0 radical (unpaired) electrons. The molecule has 2 aliphatic heterocycles. The summed E-state index contributed by atoms with van der Waals surface area (Å²) in [6.45, 7) is 5.15. The highest BCUT2D eigenvalue weighted by atomic mass is 16.5. The molecule has 1 atom stereocenters. The van der Waals surface area contributed by atoms with Crippen molar-refractivity contribution < 1.29 is 9.53 Å². The fourth-order valence-corrected chi connectivity index (χ4v) is 3.38. The molecule has 0 unspecified atom stereocenters. The second-order valence-electron chi connectivity index (χ2n) is 6.26. The zero-order valence-corrected chi connectivity index (χ0v) is 13.4. The van der Waals surface area contributed by atoms with E-state index >= 15 is 0 Å². The van der Waals surface area contributed by atoms with Crippen LogP contribution in [-0.4, -0.2) is 61.1 Å². The highest BCUT2D eigenvalue weighted by Crippen LogP contribution is 2.16. The lowest BCUT2D eigenvalue weighted by Gasteiger charge is -2.27. The van der Waals surface area contributed by atoms with Crippen molar-refractivity contribution in [3.05, 3.63) is 35.4 Å². The maximum Gasteiger partial charge on any atom is 0.255 e. The summed E-state index contributed by atoms with van der Waals surface area (Å²) in [6.07, 6.45) is 3.42. The Morgan fingerprint density at radius 1 is 1.22 bits per heavy atom. The summed E-state index contributed by atoms with van der Waals surface area (Å²) in [7, 11) is 0. The minimum atomic E-state index is -0.0564. The van der Waals surface area contributed by atoms with E-state index < -0.39 is 0 Å². The molecule has 2 aliphatic rings. The van der Waals surface area contributed by atoms with Gasteiger partial charge in [0.15, 0.2) is 0 Å². The number of hydrogen-bond donors (Lipinski definition) is 0. The molecule has 5 nitrogen and oxygen atoms in total. The van der Waals surface area contributed by atoms with E-state index in [0.717, 1.165) is 26.1 Å². The minimum absolute atomic E-state index is 0.0564. The Hall–Kier alpha value is -1.90. The van der Waals surface area contributed by atoms with E-state index in [4.69, 9.17) is 4.74 Å². The molecule has 0 bridgehead atoms. The van der Waals surface area contributed by atoms with Gasteiger partial charge < -0.3 is 14.5 Å². The minimum Gasteiger partial charge on any atom is -0.375 e. The van der Waals surface area contributed by atoms with Gasteiger partial charge in [-0.25, -0.2) is 0 Å². The summed E-state index contributed by atoms with van der Waals surface area (Å²) in [5.74, 6) is -0.0564. The van der Waals surface area contributed by atoms with Crippen LogP contribution in [-0.2, 0) is 4.74 Å². The van der Waals surface area contributed by atoms with Crippen LogP contribution >= 0.6 is 0 Å². The summed E-state index contributed by atoms with van der Waals surface area (Å²) in [4.78, 5) is 17.1. The molecule has 2 heterocycles. The number of likely N-dealkylation sites (tertiary alicyclic amines) is 1. The van der Waals surface area contributed by atoms with E-state index in [1.807, 2.05) is 11.0 Å². The topological polar surface area (TPSA) is 56.6 Å². The molecule has 0 spiro atoms. The van der Waals surface area contributed by atoms with Gasteiger partial charge in [-0.05, 0) is 44.5 Å². The van der Waals surface area contributed by atoms with Crippen LogP contribution in [0.3, 0.4) is 0 Å². The third-order valence-corrected chi connectivity index (χ3v) is 4.58. The number of benzene rings is 1. The van der Waals surface area contributed by atoms with Gasteiger partial charge in [0, 0.05) is 26.2 Å². The Balaban J connectivity index is 1.70. The smallest absolute Gasteiger partial charge is 0.255 e. The van der Waals surface area contributed by atoms with Crippen molar-refractivity contribution >= 4 is 5.91 Å². The van der Waals surface area contributed by atoms with E-state index in [1.54, 1.807) is 18.2 Å². The third kappa shape index (κ3) is 3.90. The largest absolute Gasteiger partial charge is 0.375 e. The summed E-state index contributed by atoms with van der Waals surface area (Å²) >= 11 is 0. The first-order chi connectivity index (χ1) is 11.3. The van der Waals surface area contributed by atoms with E-state index in [-0.39, 0.29) is 12.0 Å². The number of nitriles is 1. The number of carbonyl (C=O) groups excluding carboxylic acids is 1. The second kappa shape index (κ2) is 7.58. The molecular weight excluding hydrogens is 290 g/mol. The predicted molar refractivity (Wildman–Crippen MR) is 87.1 cm³/mol. The maximum atomic E-state index is 12.8. The van der Waals surface area contributed by atoms with E-state index in [9.17, 15) is 10.1 Å². The van der Waals surface area contributed by atoms with E-state index in [1.165, 1.54) is 12.8 Å². The maximum absolute atomic E-state index is 12.8. The molecule has 0 aliphatic carbocycles. The Labute approximate surface area is 137 Å². The second-order valence-corrected chi connectivity index (χ2v) is 6.26. The molecule has 1 aromatic carbocycles. The summed E-state index contributed by atoms with van der Waals surface area (Å²) in [6, 6.07) is 9.15. The van der Waals surface area contributed by atoms with E-state index in [2.05, 4.69) is 11.0 Å². The highest BCUT2D eigenvalue weighted by molar-refractivity contribution is 5.96. The summed E-state index contributed by atoms with van der Waals surface area (Å²) in [5.41, 5.74) is 0.940. The third-order valence-electron chi connectivity index (χ3n) is 4.58. The van der Waals surface area contributed by atoms with Gasteiger partial charge in [-0.2, -0.15) is 5.26 Å². The molecule has 0 N–H and O–H groups in total. The average molecular weight is 313 g/mol. The monoisotopic (exact) mass is 313 g/mol. The molecule has 1 amide bonds. The lowest BCUT2D eigenvalue weighted by Crippen LogP contribution is -2.42. The lowest BCUT2D eigenvalue weighted by molar-refractivity contribution is 0.0297. The van der Waals surface area contributed by atoms with Gasteiger partial charge in [0.25, 0.3) is 5.91 Å². The van der Waals surface area contributed by atoms with Crippen LogP contribution in [0.1, 0.15) is 35.2 Å². The van der Waals surface area contributed by atoms with Crippen molar-refractivity contribution in [1.82, 2.24) is 9.80 Å². The number of rotatable bonds is 3. The van der Waals surface area contributed by atoms with Crippen molar-refractivity contribution in [3.63, 3.8) is 0 Å². The van der Waals surface area contributed by atoms with Crippen LogP contribution in [0.5, 0.6) is 0 Å². The summed E-state index contributed by atoms with van der Waals surface area (Å²) < 4.78 is 5.94. The fraction of sp³-hybridized carbons (Fsp3) is 0.556. The zero-order valence-electron chi connectivity index (χ0n) is 13.4. The number of ether oxygens (including phenoxy) is 1. The van der Waals surface area contributed by atoms with Crippen LogP contribution in [0.15, 0.2) is 24.3 Å². The molecular formula is C18H23N3O2. The number of carbonyl (C=O) groups is 1. The van der Waals surface area contributed by atoms with Crippen LogP contribution < -0.4 is 0 Å². The van der Waals surface area contributed by atoms with Crippen molar-refractivity contribution in [2.75, 3.05) is 39.3 Å². The predicted octanol–water partition coefficient (Wildman–Crippen LogP) is 1.89. The molecule has 1 aromatic rings. The average Bonchev–Trinajstić information content (AvgIpc) is 2.98. The molecule has 122 valence electrons. The SMILES string of the molecule is N#Cc1ccccc1C(=O)N1CCCO[C@@H](CN2CCCC2)C1. The molecule has 0 saturated carbocycles. The fourth-order valence-electron chi connectivity index (χ4n) is 3.38. The number of amides is 1. The molecule has 3 rings (SSSR count). The molecule has 23 heavy (non-hydrogen) atoms. The first-order valence-corrected chi connectivity index (χ1v) is 8.40. The normalized spacial score (nSPS) is 22.6. The van der Waals surface area contributed by atoms with Crippen LogP contribution in [0.25, 0.3) is 0 Å². The Morgan fingerprint density at radius 2 is 2.00 bits per heavy atom. The summed E-state index contributed by atoms with van der Waals surface area (Å²) in [5, 5.41) is 9.21. The Bertz CT molecular complexity index is 590. The molecule has 2 fully saturated rings. The highest BCUT2D eigenvalue weighted by Gasteiger charge is 2.26. The Morgan fingerprint density at radius 3 is 2.78 bits per heavy atom. The standard InChI is InChI=1S/C18H23N3O2/c19-12-15-6-1-2-7-17(15)18(22)21-10-5-11-23-16(14-21)13-20-8-3-4-9-20/h1-2,6-7,16H,3-5,8-11,13-14H2/t16-/m0/s1.